The third-order valence-electron chi connectivity index (χ3n) is 2.27. The summed E-state index contributed by atoms with van der Waals surface area (Å²) in [5.74, 6) is 1.33. The minimum atomic E-state index is -0.376. The fourth-order valence-corrected chi connectivity index (χ4v) is 2.16. The maximum atomic E-state index is 12.1. The minimum Gasteiger partial charge on any atom is -0.490 e. The standard InChI is InChI=1S/C13H19BrFNO2/c1-3-17-12-8-10(9-16-2)7-11(14)13(12)18-6-4-5-15/h7-8,16H,3-6,9H2,1-2H3. The molecule has 0 bridgehead atoms. The summed E-state index contributed by atoms with van der Waals surface area (Å²) in [4.78, 5) is 0. The predicted molar refractivity (Wildman–Crippen MR) is 74.2 cm³/mol. The number of nitrogens with one attached hydrogen (secondary N) is 1. The van der Waals surface area contributed by atoms with Gasteiger partial charge in [-0.25, -0.2) is 0 Å². The van der Waals surface area contributed by atoms with Gasteiger partial charge in [0.2, 0.25) is 0 Å². The maximum Gasteiger partial charge on any atom is 0.175 e. The van der Waals surface area contributed by atoms with Gasteiger partial charge in [0.15, 0.2) is 11.5 Å². The zero-order valence-corrected chi connectivity index (χ0v) is 12.3. The van der Waals surface area contributed by atoms with Gasteiger partial charge in [0, 0.05) is 13.0 Å². The number of benzene rings is 1. The summed E-state index contributed by atoms with van der Waals surface area (Å²) >= 11 is 3.46. The van der Waals surface area contributed by atoms with Crippen molar-refractivity contribution < 1.29 is 13.9 Å². The van der Waals surface area contributed by atoms with Gasteiger partial charge < -0.3 is 14.8 Å². The van der Waals surface area contributed by atoms with Crippen LogP contribution in [0.15, 0.2) is 16.6 Å². The Kier molecular flexibility index (Phi) is 7.05. The molecule has 0 heterocycles. The van der Waals surface area contributed by atoms with E-state index in [0.717, 1.165) is 16.6 Å². The average molecular weight is 320 g/mol. The Morgan fingerprint density at radius 2 is 2.11 bits per heavy atom. The summed E-state index contributed by atoms with van der Waals surface area (Å²) in [6.45, 7) is 3.21. The van der Waals surface area contributed by atoms with Crippen LogP contribution in [0.2, 0.25) is 0 Å². The second-order valence-electron chi connectivity index (χ2n) is 3.76. The van der Waals surface area contributed by atoms with Crippen molar-refractivity contribution in [3.05, 3.63) is 22.2 Å². The third kappa shape index (κ3) is 4.46. The van der Waals surface area contributed by atoms with Crippen molar-refractivity contribution in [1.82, 2.24) is 5.32 Å². The van der Waals surface area contributed by atoms with Gasteiger partial charge in [-0.05, 0) is 47.6 Å². The minimum absolute atomic E-state index is 0.348. The highest BCUT2D eigenvalue weighted by molar-refractivity contribution is 9.10. The van der Waals surface area contributed by atoms with Crippen molar-refractivity contribution in [3.63, 3.8) is 0 Å². The van der Waals surface area contributed by atoms with Crippen LogP contribution in [0.1, 0.15) is 18.9 Å². The van der Waals surface area contributed by atoms with Gasteiger partial charge in [0.25, 0.3) is 0 Å². The topological polar surface area (TPSA) is 30.5 Å². The first-order valence-electron chi connectivity index (χ1n) is 6.01. The molecule has 102 valence electrons. The number of hydrogen-bond donors (Lipinski definition) is 1. The molecule has 1 aromatic rings. The Morgan fingerprint density at radius 1 is 1.33 bits per heavy atom. The van der Waals surface area contributed by atoms with Crippen LogP contribution in [-0.2, 0) is 6.54 Å². The van der Waals surface area contributed by atoms with E-state index < -0.39 is 0 Å². The monoisotopic (exact) mass is 319 g/mol. The molecule has 0 unspecified atom stereocenters. The molecule has 1 aromatic carbocycles. The van der Waals surface area contributed by atoms with Gasteiger partial charge in [-0.2, -0.15) is 0 Å². The summed E-state index contributed by atoms with van der Waals surface area (Å²) in [6.07, 6.45) is 0.385. The van der Waals surface area contributed by atoms with Gasteiger partial charge >= 0.3 is 0 Å². The normalized spacial score (nSPS) is 10.4. The van der Waals surface area contributed by atoms with Gasteiger partial charge in [0.1, 0.15) is 0 Å². The first-order chi connectivity index (χ1) is 8.72. The second-order valence-corrected chi connectivity index (χ2v) is 4.61. The van der Waals surface area contributed by atoms with Crippen LogP contribution >= 0.6 is 15.9 Å². The molecular weight excluding hydrogens is 301 g/mol. The molecular formula is C13H19BrFNO2. The van der Waals surface area contributed by atoms with Gasteiger partial charge in [0.05, 0.1) is 24.4 Å². The molecule has 0 aliphatic heterocycles. The zero-order valence-electron chi connectivity index (χ0n) is 10.8. The smallest absolute Gasteiger partial charge is 0.175 e. The molecule has 0 saturated carbocycles. The molecule has 0 fully saturated rings. The van der Waals surface area contributed by atoms with Crippen LogP contribution in [-0.4, -0.2) is 26.9 Å². The maximum absolute atomic E-state index is 12.1. The summed E-state index contributed by atoms with van der Waals surface area (Å²) in [6, 6.07) is 3.92. The molecule has 0 aromatic heterocycles. The number of hydrogen-bond acceptors (Lipinski definition) is 3. The highest BCUT2D eigenvalue weighted by atomic mass is 79.9. The van der Waals surface area contributed by atoms with Crippen molar-refractivity contribution in [1.29, 1.82) is 0 Å². The Labute approximate surface area is 116 Å². The van der Waals surface area contributed by atoms with Crippen molar-refractivity contribution in [2.75, 3.05) is 26.9 Å². The number of ether oxygens (including phenoxy) is 2. The fourth-order valence-electron chi connectivity index (χ4n) is 1.56. The molecule has 18 heavy (non-hydrogen) atoms. The Morgan fingerprint density at radius 3 is 2.72 bits per heavy atom. The number of rotatable bonds is 8. The van der Waals surface area contributed by atoms with E-state index in [1.54, 1.807) is 0 Å². The lowest BCUT2D eigenvalue weighted by Crippen LogP contribution is -2.07. The fraction of sp³-hybridized carbons (Fsp3) is 0.538. The summed E-state index contributed by atoms with van der Waals surface area (Å²) in [7, 11) is 1.89. The third-order valence-corrected chi connectivity index (χ3v) is 2.86. The van der Waals surface area contributed by atoms with Crippen molar-refractivity contribution in [2.24, 2.45) is 0 Å². The lowest BCUT2D eigenvalue weighted by atomic mass is 10.2. The van der Waals surface area contributed by atoms with E-state index in [2.05, 4.69) is 21.2 Å². The Balaban J connectivity index is 2.90. The van der Waals surface area contributed by atoms with Gasteiger partial charge in [-0.15, -0.1) is 0 Å². The summed E-state index contributed by atoms with van der Waals surface area (Å²) in [5.41, 5.74) is 1.10. The number of halogens is 2. The zero-order chi connectivity index (χ0) is 13.4. The highest BCUT2D eigenvalue weighted by Gasteiger charge is 2.12. The van der Waals surface area contributed by atoms with E-state index in [9.17, 15) is 4.39 Å². The van der Waals surface area contributed by atoms with E-state index in [-0.39, 0.29) is 6.67 Å². The lowest BCUT2D eigenvalue weighted by molar-refractivity contribution is 0.261. The van der Waals surface area contributed by atoms with Crippen LogP contribution in [0.3, 0.4) is 0 Å². The first kappa shape index (κ1) is 15.2. The highest BCUT2D eigenvalue weighted by Crippen LogP contribution is 2.37. The molecule has 0 saturated heterocycles. The number of alkyl halides is 1. The molecule has 3 nitrogen and oxygen atoms in total. The molecule has 0 radical (unpaired) electrons. The molecule has 0 aliphatic rings. The molecule has 1 N–H and O–H groups in total. The molecule has 0 spiro atoms. The van der Waals surface area contributed by atoms with Crippen LogP contribution in [0.25, 0.3) is 0 Å². The predicted octanol–water partition coefficient (Wildman–Crippen LogP) is 3.31. The van der Waals surface area contributed by atoms with Crippen LogP contribution in [0.4, 0.5) is 4.39 Å². The van der Waals surface area contributed by atoms with Crippen molar-refractivity contribution in [3.8, 4) is 11.5 Å². The van der Waals surface area contributed by atoms with Gasteiger partial charge in [-0.1, -0.05) is 0 Å². The van der Waals surface area contributed by atoms with Gasteiger partial charge in [-0.3, -0.25) is 4.39 Å². The van der Waals surface area contributed by atoms with Crippen molar-refractivity contribution in [2.45, 2.75) is 19.9 Å². The SMILES string of the molecule is CCOc1cc(CNC)cc(Br)c1OCCCF. The van der Waals surface area contributed by atoms with Crippen LogP contribution < -0.4 is 14.8 Å². The van der Waals surface area contributed by atoms with E-state index in [4.69, 9.17) is 9.47 Å². The first-order valence-corrected chi connectivity index (χ1v) is 6.80. The molecule has 1 rings (SSSR count). The molecule has 0 amide bonds. The summed E-state index contributed by atoms with van der Waals surface area (Å²) < 4.78 is 24.0. The van der Waals surface area contributed by atoms with E-state index in [1.165, 1.54) is 0 Å². The van der Waals surface area contributed by atoms with E-state index >= 15 is 0 Å². The van der Waals surface area contributed by atoms with E-state index in [1.807, 2.05) is 26.1 Å². The molecule has 0 atom stereocenters. The lowest BCUT2D eigenvalue weighted by Gasteiger charge is -2.15. The quantitative estimate of drug-likeness (QED) is 0.746. The summed E-state index contributed by atoms with van der Waals surface area (Å²) in [5, 5.41) is 3.09. The van der Waals surface area contributed by atoms with Crippen LogP contribution in [0.5, 0.6) is 11.5 Å². The van der Waals surface area contributed by atoms with E-state index in [0.29, 0.717) is 31.1 Å². The van der Waals surface area contributed by atoms with Crippen molar-refractivity contribution >= 4 is 15.9 Å². The molecule has 0 aliphatic carbocycles. The molecule has 5 heteroatoms. The second kappa shape index (κ2) is 8.32. The largest absolute Gasteiger partial charge is 0.490 e. The Bertz CT molecular complexity index is 374. The van der Waals surface area contributed by atoms with Crippen LogP contribution in [0, 0.1) is 0 Å². The average Bonchev–Trinajstić information content (AvgIpc) is 2.33. The Hall–Kier alpha value is -0.810.